The van der Waals surface area contributed by atoms with E-state index in [1.807, 2.05) is 37.1 Å². The Kier molecular flexibility index (Phi) is 4.52. The van der Waals surface area contributed by atoms with Gasteiger partial charge in [-0.05, 0) is 31.0 Å². The summed E-state index contributed by atoms with van der Waals surface area (Å²) in [5.41, 5.74) is 2.36. The van der Waals surface area contributed by atoms with Gasteiger partial charge in [0.15, 0.2) is 0 Å². The second kappa shape index (κ2) is 6.35. The number of benzene rings is 1. The summed E-state index contributed by atoms with van der Waals surface area (Å²) in [6.07, 6.45) is 0.873. The third-order valence-electron chi connectivity index (χ3n) is 3.25. The number of carboxylic acids is 1. The highest BCUT2D eigenvalue weighted by Crippen LogP contribution is 2.15. The third-order valence-corrected chi connectivity index (χ3v) is 3.25. The van der Waals surface area contributed by atoms with Crippen LogP contribution in [-0.4, -0.2) is 28.1 Å². The van der Waals surface area contributed by atoms with Crippen LogP contribution in [0.15, 0.2) is 30.3 Å². The third kappa shape index (κ3) is 3.78. The molecule has 21 heavy (non-hydrogen) atoms. The summed E-state index contributed by atoms with van der Waals surface area (Å²) in [5, 5.41) is 8.90. The predicted octanol–water partition coefficient (Wildman–Crippen LogP) is 2.68. The quantitative estimate of drug-likeness (QED) is 0.915. The number of aromatic nitrogens is 2. The van der Waals surface area contributed by atoms with E-state index in [1.165, 1.54) is 0 Å². The minimum absolute atomic E-state index is 0.299. The van der Waals surface area contributed by atoms with Crippen LogP contribution < -0.4 is 4.90 Å². The molecule has 0 aliphatic heterocycles. The lowest BCUT2D eigenvalue weighted by molar-refractivity contribution is 0.0697. The molecule has 0 fully saturated rings. The summed E-state index contributed by atoms with van der Waals surface area (Å²) in [7, 11) is 1.96. The molecule has 5 nitrogen and oxygen atoms in total. The molecule has 110 valence electrons. The number of hydrogen-bond acceptors (Lipinski definition) is 4. The van der Waals surface area contributed by atoms with Gasteiger partial charge in [0.05, 0.1) is 5.56 Å². The second-order valence-electron chi connectivity index (χ2n) is 4.98. The van der Waals surface area contributed by atoms with E-state index in [-0.39, 0.29) is 0 Å². The fourth-order valence-corrected chi connectivity index (χ4v) is 2.10. The topological polar surface area (TPSA) is 66.3 Å². The van der Waals surface area contributed by atoms with E-state index in [9.17, 15) is 4.79 Å². The Morgan fingerprint density at radius 2 is 1.90 bits per heavy atom. The molecule has 0 saturated heterocycles. The maximum absolute atomic E-state index is 10.8. The fraction of sp³-hybridized carbons (Fsp3) is 0.312. The molecule has 0 aliphatic carbocycles. The van der Waals surface area contributed by atoms with E-state index in [1.54, 1.807) is 12.1 Å². The van der Waals surface area contributed by atoms with Crippen LogP contribution in [0.25, 0.3) is 0 Å². The Morgan fingerprint density at radius 1 is 1.24 bits per heavy atom. The number of aryl methyl sites for hydroxylation is 2. The Labute approximate surface area is 124 Å². The molecule has 2 aromatic rings. The number of nitrogens with zero attached hydrogens (tertiary/aromatic N) is 3. The molecule has 0 aliphatic rings. The van der Waals surface area contributed by atoms with E-state index in [0.717, 1.165) is 29.3 Å². The molecule has 0 amide bonds. The minimum atomic E-state index is -0.908. The number of anilines is 1. The monoisotopic (exact) mass is 285 g/mol. The van der Waals surface area contributed by atoms with Crippen molar-refractivity contribution in [1.29, 1.82) is 0 Å². The maximum Gasteiger partial charge on any atom is 0.335 e. The van der Waals surface area contributed by atoms with Crippen molar-refractivity contribution in [3.63, 3.8) is 0 Å². The largest absolute Gasteiger partial charge is 0.478 e. The van der Waals surface area contributed by atoms with Crippen molar-refractivity contribution in [2.75, 3.05) is 11.9 Å². The minimum Gasteiger partial charge on any atom is -0.478 e. The summed E-state index contributed by atoms with van der Waals surface area (Å²) >= 11 is 0. The van der Waals surface area contributed by atoms with Gasteiger partial charge in [0.25, 0.3) is 0 Å². The van der Waals surface area contributed by atoms with Gasteiger partial charge in [-0.3, -0.25) is 0 Å². The fourth-order valence-electron chi connectivity index (χ4n) is 2.10. The number of hydrogen-bond donors (Lipinski definition) is 1. The molecule has 0 bridgehead atoms. The van der Waals surface area contributed by atoms with Crippen molar-refractivity contribution < 1.29 is 9.90 Å². The normalized spacial score (nSPS) is 10.4. The van der Waals surface area contributed by atoms with Gasteiger partial charge in [0.2, 0.25) is 0 Å². The van der Waals surface area contributed by atoms with E-state index in [4.69, 9.17) is 5.11 Å². The van der Waals surface area contributed by atoms with Crippen LogP contribution in [0.5, 0.6) is 0 Å². The molecule has 1 N–H and O–H groups in total. The first-order valence-corrected chi connectivity index (χ1v) is 6.87. The molecule has 0 saturated carbocycles. The van der Waals surface area contributed by atoms with Crippen LogP contribution >= 0.6 is 0 Å². The van der Waals surface area contributed by atoms with Crippen LogP contribution in [0.2, 0.25) is 0 Å². The second-order valence-corrected chi connectivity index (χ2v) is 4.98. The molecule has 1 heterocycles. The average Bonchev–Trinajstić information content (AvgIpc) is 2.47. The molecule has 0 spiro atoms. The summed E-state index contributed by atoms with van der Waals surface area (Å²) in [6.45, 7) is 4.62. The number of carbonyl (C=O) groups is 1. The highest BCUT2D eigenvalue weighted by molar-refractivity contribution is 5.87. The zero-order chi connectivity index (χ0) is 15.4. The molecular weight excluding hydrogens is 266 g/mol. The molecule has 2 rings (SSSR count). The summed E-state index contributed by atoms with van der Waals surface area (Å²) in [6, 6.07) is 8.88. The van der Waals surface area contributed by atoms with Crippen LogP contribution in [0.1, 0.15) is 34.4 Å². The molecular formula is C16H19N3O2. The first kappa shape index (κ1) is 15.0. The van der Waals surface area contributed by atoms with Crippen molar-refractivity contribution >= 4 is 11.8 Å². The number of carboxylic acid groups (broad SMARTS) is 1. The first-order valence-electron chi connectivity index (χ1n) is 6.87. The standard InChI is InChI=1S/C16H19N3O2/c1-4-14-9-15(18-11(2)17-14)19(3)10-12-5-7-13(8-6-12)16(20)21/h5-9H,4,10H2,1-3H3,(H,20,21). The highest BCUT2D eigenvalue weighted by atomic mass is 16.4. The van der Waals surface area contributed by atoms with Gasteiger partial charge >= 0.3 is 5.97 Å². The zero-order valence-corrected chi connectivity index (χ0v) is 12.5. The van der Waals surface area contributed by atoms with Crippen LogP contribution in [0.3, 0.4) is 0 Å². The van der Waals surface area contributed by atoms with Crippen LogP contribution in [-0.2, 0) is 13.0 Å². The van der Waals surface area contributed by atoms with Gasteiger partial charge in [0.1, 0.15) is 11.6 Å². The van der Waals surface area contributed by atoms with E-state index in [2.05, 4.69) is 16.9 Å². The summed E-state index contributed by atoms with van der Waals surface area (Å²) < 4.78 is 0. The first-order chi connectivity index (χ1) is 9.99. The van der Waals surface area contributed by atoms with Crippen molar-refractivity contribution in [2.45, 2.75) is 26.8 Å². The Bertz CT molecular complexity index is 638. The van der Waals surface area contributed by atoms with Crippen molar-refractivity contribution in [3.8, 4) is 0 Å². The molecule has 1 aromatic carbocycles. The SMILES string of the molecule is CCc1cc(N(C)Cc2ccc(C(=O)O)cc2)nc(C)n1. The van der Waals surface area contributed by atoms with E-state index >= 15 is 0 Å². The van der Waals surface area contributed by atoms with Crippen LogP contribution in [0, 0.1) is 6.92 Å². The van der Waals surface area contributed by atoms with Crippen molar-refractivity contribution in [1.82, 2.24) is 9.97 Å². The van der Waals surface area contributed by atoms with Gasteiger partial charge in [0, 0.05) is 25.4 Å². The molecule has 5 heteroatoms. The maximum atomic E-state index is 10.8. The Balaban J connectivity index is 2.15. The van der Waals surface area contributed by atoms with Gasteiger partial charge in [-0.15, -0.1) is 0 Å². The smallest absolute Gasteiger partial charge is 0.335 e. The highest BCUT2D eigenvalue weighted by Gasteiger charge is 2.08. The van der Waals surface area contributed by atoms with E-state index < -0.39 is 5.97 Å². The summed E-state index contributed by atoms with van der Waals surface area (Å²) in [4.78, 5) is 21.7. The lowest BCUT2D eigenvalue weighted by atomic mass is 10.1. The summed E-state index contributed by atoms with van der Waals surface area (Å²) in [5.74, 6) is 0.730. The molecule has 1 aromatic heterocycles. The average molecular weight is 285 g/mol. The molecule has 0 unspecified atom stereocenters. The van der Waals surface area contributed by atoms with Gasteiger partial charge in [-0.25, -0.2) is 14.8 Å². The van der Waals surface area contributed by atoms with Crippen molar-refractivity contribution in [2.24, 2.45) is 0 Å². The molecule has 0 radical (unpaired) electrons. The predicted molar refractivity (Wildman–Crippen MR) is 81.7 cm³/mol. The Morgan fingerprint density at radius 3 is 2.48 bits per heavy atom. The number of aromatic carboxylic acids is 1. The van der Waals surface area contributed by atoms with E-state index in [0.29, 0.717) is 12.1 Å². The van der Waals surface area contributed by atoms with Gasteiger partial charge in [-0.2, -0.15) is 0 Å². The van der Waals surface area contributed by atoms with Crippen molar-refractivity contribution in [3.05, 3.63) is 53.0 Å². The van der Waals surface area contributed by atoms with Gasteiger partial charge in [-0.1, -0.05) is 19.1 Å². The van der Waals surface area contributed by atoms with Crippen LogP contribution in [0.4, 0.5) is 5.82 Å². The Hall–Kier alpha value is -2.43. The zero-order valence-electron chi connectivity index (χ0n) is 12.5. The van der Waals surface area contributed by atoms with Gasteiger partial charge < -0.3 is 10.0 Å². The lowest BCUT2D eigenvalue weighted by Crippen LogP contribution is -2.18. The number of rotatable bonds is 5. The lowest BCUT2D eigenvalue weighted by Gasteiger charge is -2.19. The molecule has 0 atom stereocenters.